The van der Waals surface area contributed by atoms with Crippen molar-refractivity contribution in [1.29, 1.82) is 0 Å². The van der Waals surface area contributed by atoms with Crippen LogP contribution in [0, 0.1) is 0 Å². The largest absolute Gasteiger partial charge is 0.493 e. The SMILES string of the molecule is CCOc1ccc(/C=C(\OC)C(=O)O)cc1/C=C(\OC)C(=O)O. The number of aliphatic carboxylic acids is 2. The summed E-state index contributed by atoms with van der Waals surface area (Å²) in [5.74, 6) is -2.48. The van der Waals surface area contributed by atoms with E-state index in [1.165, 1.54) is 26.4 Å². The second-order valence-corrected chi connectivity index (χ2v) is 4.27. The maximum Gasteiger partial charge on any atom is 0.371 e. The van der Waals surface area contributed by atoms with Crippen molar-refractivity contribution in [1.82, 2.24) is 0 Å². The van der Waals surface area contributed by atoms with Crippen LogP contribution in [0.2, 0.25) is 0 Å². The molecule has 0 atom stereocenters. The fourth-order valence-corrected chi connectivity index (χ4v) is 1.77. The standard InChI is InChI=1S/C16H18O7/c1-4-23-12-6-5-10(8-13(21-2)15(17)18)7-11(12)9-14(22-3)16(19)20/h5-9H,4H2,1-3H3,(H,17,18)(H,19,20)/b13-8-,14-9-. The third kappa shape index (κ3) is 5.06. The summed E-state index contributed by atoms with van der Waals surface area (Å²) < 4.78 is 15.0. The Morgan fingerprint density at radius 1 is 1.04 bits per heavy atom. The molecule has 0 saturated carbocycles. The maximum absolute atomic E-state index is 11.1. The predicted octanol–water partition coefficient (Wildman–Crippen LogP) is 2.23. The quantitative estimate of drug-likeness (QED) is 0.559. The van der Waals surface area contributed by atoms with E-state index >= 15 is 0 Å². The van der Waals surface area contributed by atoms with Crippen LogP contribution in [0.15, 0.2) is 29.7 Å². The molecule has 7 nitrogen and oxygen atoms in total. The zero-order chi connectivity index (χ0) is 17.4. The molecule has 7 heteroatoms. The minimum absolute atomic E-state index is 0.241. The Morgan fingerprint density at radius 3 is 2.09 bits per heavy atom. The van der Waals surface area contributed by atoms with Gasteiger partial charge in [0.25, 0.3) is 0 Å². The number of methoxy groups -OCH3 is 2. The van der Waals surface area contributed by atoms with Gasteiger partial charge in [-0.25, -0.2) is 9.59 Å². The third-order valence-corrected chi connectivity index (χ3v) is 2.78. The van der Waals surface area contributed by atoms with Gasteiger partial charge in [-0.05, 0) is 36.8 Å². The van der Waals surface area contributed by atoms with Crippen LogP contribution >= 0.6 is 0 Å². The highest BCUT2D eigenvalue weighted by Crippen LogP contribution is 2.24. The summed E-state index contributed by atoms with van der Waals surface area (Å²) in [6, 6.07) is 4.83. The number of carboxylic acid groups (broad SMARTS) is 2. The molecule has 0 bridgehead atoms. The minimum Gasteiger partial charge on any atom is -0.493 e. The molecule has 1 rings (SSSR count). The van der Waals surface area contributed by atoms with Crippen LogP contribution in [-0.2, 0) is 19.1 Å². The summed E-state index contributed by atoms with van der Waals surface area (Å²) in [5.41, 5.74) is 0.959. The first-order chi connectivity index (χ1) is 10.9. The van der Waals surface area contributed by atoms with E-state index in [2.05, 4.69) is 0 Å². The van der Waals surface area contributed by atoms with Crippen LogP contribution < -0.4 is 4.74 Å². The lowest BCUT2D eigenvalue weighted by Crippen LogP contribution is -2.03. The monoisotopic (exact) mass is 322 g/mol. The molecule has 0 aromatic heterocycles. The molecule has 0 unspecified atom stereocenters. The van der Waals surface area contributed by atoms with Gasteiger partial charge in [-0.2, -0.15) is 0 Å². The number of rotatable bonds is 8. The van der Waals surface area contributed by atoms with Crippen LogP contribution in [0.3, 0.4) is 0 Å². The second kappa shape index (κ2) is 8.47. The average Bonchev–Trinajstić information content (AvgIpc) is 2.51. The van der Waals surface area contributed by atoms with Crippen LogP contribution in [0.1, 0.15) is 18.1 Å². The lowest BCUT2D eigenvalue weighted by atomic mass is 10.1. The highest BCUT2D eigenvalue weighted by atomic mass is 16.5. The van der Waals surface area contributed by atoms with Crippen molar-refractivity contribution >= 4 is 24.1 Å². The van der Waals surface area contributed by atoms with Gasteiger partial charge in [0.1, 0.15) is 5.75 Å². The van der Waals surface area contributed by atoms with Gasteiger partial charge in [-0.1, -0.05) is 6.07 Å². The van der Waals surface area contributed by atoms with Gasteiger partial charge in [0, 0.05) is 5.56 Å². The highest BCUT2D eigenvalue weighted by Gasteiger charge is 2.12. The van der Waals surface area contributed by atoms with E-state index < -0.39 is 11.9 Å². The van der Waals surface area contributed by atoms with Crippen molar-refractivity contribution in [2.24, 2.45) is 0 Å². The summed E-state index contributed by atoms with van der Waals surface area (Å²) in [7, 11) is 2.50. The molecule has 0 fully saturated rings. The van der Waals surface area contributed by atoms with E-state index in [1.807, 2.05) is 0 Å². The molecule has 23 heavy (non-hydrogen) atoms. The van der Waals surface area contributed by atoms with Gasteiger partial charge in [-0.3, -0.25) is 0 Å². The predicted molar refractivity (Wildman–Crippen MR) is 82.9 cm³/mol. The summed E-state index contributed by atoms with van der Waals surface area (Å²) in [6.07, 6.45) is 2.63. The molecular weight excluding hydrogens is 304 g/mol. The summed E-state index contributed by atoms with van der Waals surface area (Å²) in [5, 5.41) is 18.0. The Kier molecular flexibility index (Phi) is 6.67. The molecule has 0 heterocycles. The van der Waals surface area contributed by atoms with Crippen LogP contribution in [0.5, 0.6) is 5.75 Å². The van der Waals surface area contributed by atoms with Crippen molar-refractivity contribution in [2.45, 2.75) is 6.92 Å². The van der Waals surface area contributed by atoms with Gasteiger partial charge in [0.15, 0.2) is 0 Å². The molecular formula is C16H18O7. The molecule has 0 aliphatic carbocycles. The first-order valence-electron chi connectivity index (χ1n) is 6.67. The summed E-state index contributed by atoms with van der Waals surface area (Å²) in [4.78, 5) is 22.0. The Balaban J connectivity index is 3.38. The number of carboxylic acids is 2. The zero-order valence-electron chi connectivity index (χ0n) is 13.0. The summed E-state index contributed by atoms with van der Waals surface area (Å²) in [6.45, 7) is 2.19. The molecule has 1 aromatic carbocycles. The van der Waals surface area contributed by atoms with Gasteiger partial charge in [-0.15, -0.1) is 0 Å². The van der Waals surface area contributed by atoms with Crippen molar-refractivity contribution in [3.63, 3.8) is 0 Å². The third-order valence-electron chi connectivity index (χ3n) is 2.78. The lowest BCUT2D eigenvalue weighted by molar-refractivity contribution is -0.136. The molecule has 124 valence electrons. The average molecular weight is 322 g/mol. The van der Waals surface area contributed by atoms with Crippen LogP contribution in [-0.4, -0.2) is 43.0 Å². The van der Waals surface area contributed by atoms with Gasteiger partial charge in [0.2, 0.25) is 11.5 Å². The molecule has 2 N–H and O–H groups in total. The minimum atomic E-state index is -1.22. The maximum atomic E-state index is 11.1. The zero-order valence-corrected chi connectivity index (χ0v) is 13.0. The number of hydrogen-bond donors (Lipinski definition) is 2. The first-order valence-corrected chi connectivity index (χ1v) is 6.67. The van der Waals surface area contributed by atoms with E-state index in [0.717, 1.165) is 0 Å². The van der Waals surface area contributed by atoms with Crippen molar-refractivity contribution < 1.29 is 34.0 Å². The van der Waals surface area contributed by atoms with Crippen LogP contribution in [0.25, 0.3) is 12.2 Å². The topological polar surface area (TPSA) is 102 Å². The Labute approximate surface area is 133 Å². The van der Waals surface area contributed by atoms with Crippen LogP contribution in [0.4, 0.5) is 0 Å². The van der Waals surface area contributed by atoms with E-state index in [-0.39, 0.29) is 11.5 Å². The normalized spacial score (nSPS) is 11.8. The first kappa shape index (κ1) is 18.1. The molecule has 0 aliphatic heterocycles. The fourth-order valence-electron chi connectivity index (χ4n) is 1.77. The van der Waals surface area contributed by atoms with E-state index in [4.69, 9.17) is 24.4 Å². The fraction of sp³-hybridized carbons (Fsp3) is 0.250. The molecule has 0 radical (unpaired) electrons. The number of benzene rings is 1. The highest BCUT2D eigenvalue weighted by molar-refractivity contribution is 5.91. The Bertz CT molecular complexity index is 644. The number of hydrogen-bond acceptors (Lipinski definition) is 5. The second-order valence-electron chi connectivity index (χ2n) is 4.27. The molecule has 1 aromatic rings. The molecule has 0 aliphatic rings. The molecule has 0 spiro atoms. The van der Waals surface area contributed by atoms with Crippen molar-refractivity contribution in [2.75, 3.05) is 20.8 Å². The number of ether oxygens (including phenoxy) is 3. The molecule has 0 amide bonds. The van der Waals surface area contributed by atoms with Gasteiger partial charge >= 0.3 is 11.9 Å². The van der Waals surface area contributed by atoms with Crippen molar-refractivity contribution in [3.8, 4) is 5.75 Å². The lowest BCUT2D eigenvalue weighted by Gasteiger charge is -2.10. The Hall–Kier alpha value is -2.96. The van der Waals surface area contributed by atoms with E-state index in [0.29, 0.717) is 23.5 Å². The summed E-state index contributed by atoms with van der Waals surface area (Å²) >= 11 is 0. The van der Waals surface area contributed by atoms with Crippen molar-refractivity contribution in [3.05, 3.63) is 40.8 Å². The van der Waals surface area contributed by atoms with Gasteiger partial charge in [0.05, 0.1) is 20.8 Å². The molecule has 0 saturated heterocycles. The number of carbonyl (C=O) groups is 2. The van der Waals surface area contributed by atoms with E-state index in [9.17, 15) is 9.59 Å². The smallest absolute Gasteiger partial charge is 0.371 e. The van der Waals surface area contributed by atoms with E-state index in [1.54, 1.807) is 25.1 Å². The Morgan fingerprint density at radius 2 is 1.61 bits per heavy atom. The van der Waals surface area contributed by atoms with Gasteiger partial charge < -0.3 is 24.4 Å².